The molecule has 1 rings (SSSR count). The van der Waals surface area contributed by atoms with Crippen LogP contribution in [0.1, 0.15) is 19.4 Å². The van der Waals surface area contributed by atoms with Crippen LogP contribution in [0.15, 0.2) is 29.3 Å². The first-order valence-corrected chi connectivity index (χ1v) is 8.41. The van der Waals surface area contributed by atoms with Gasteiger partial charge in [0.15, 0.2) is 5.96 Å². The van der Waals surface area contributed by atoms with Crippen molar-refractivity contribution in [3.63, 3.8) is 0 Å². The van der Waals surface area contributed by atoms with E-state index < -0.39 is 0 Å². The van der Waals surface area contributed by atoms with E-state index in [4.69, 9.17) is 9.47 Å². The standard InChI is InChI=1S/C18H32N4O2.HI/c1-15(2)21-18(19-3)20-14-16-7-6-8-17(13-16)24-12-10-22(4)9-11-23-5;/h6-8,13,15H,9-12,14H2,1-5H3,(H2,19,20,21);1H. The highest BCUT2D eigenvalue weighted by molar-refractivity contribution is 14.0. The molecule has 25 heavy (non-hydrogen) atoms. The molecule has 0 aliphatic heterocycles. The Kier molecular flexibility index (Phi) is 13.5. The number of halogens is 1. The SMILES string of the molecule is CN=C(NCc1cccc(OCCN(C)CCOC)c1)NC(C)C.I. The quantitative estimate of drug-likeness (QED) is 0.316. The fraction of sp³-hybridized carbons (Fsp3) is 0.611. The summed E-state index contributed by atoms with van der Waals surface area (Å²) in [6.45, 7) is 8.06. The Morgan fingerprint density at radius 3 is 2.60 bits per heavy atom. The Morgan fingerprint density at radius 1 is 1.24 bits per heavy atom. The molecule has 0 aliphatic rings. The molecule has 0 saturated heterocycles. The molecule has 0 amide bonds. The van der Waals surface area contributed by atoms with Crippen LogP contribution in [0.2, 0.25) is 0 Å². The first-order valence-electron chi connectivity index (χ1n) is 8.41. The monoisotopic (exact) mass is 464 g/mol. The molecular weight excluding hydrogens is 431 g/mol. The maximum Gasteiger partial charge on any atom is 0.191 e. The van der Waals surface area contributed by atoms with Gasteiger partial charge >= 0.3 is 0 Å². The van der Waals surface area contributed by atoms with Gasteiger partial charge in [0.25, 0.3) is 0 Å². The molecule has 0 fully saturated rings. The second kappa shape index (κ2) is 14.1. The number of likely N-dealkylation sites (N-methyl/N-ethyl adjacent to an activating group) is 1. The van der Waals surface area contributed by atoms with Gasteiger partial charge in [-0.05, 0) is 38.6 Å². The van der Waals surface area contributed by atoms with Gasteiger partial charge in [-0.2, -0.15) is 0 Å². The number of hydrogen-bond acceptors (Lipinski definition) is 4. The van der Waals surface area contributed by atoms with Crippen molar-refractivity contribution in [1.29, 1.82) is 0 Å². The maximum atomic E-state index is 5.84. The Hall–Kier alpha value is -1.06. The molecule has 0 heterocycles. The third kappa shape index (κ3) is 11.2. The average molecular weight is 464 g/mol. The van der Waals surface area contributed by atoms with Crippen molar-refractivity contribution in [3.05, 3.63) is 29.8 Å². The van der Waals surface area contributed by atoms with E-state index in [0.29, 0.717) is 19.2 Å². The molecule has 2 N–H and O–H groups in total. The van der Waals surface area contributed by atoms with Crippen LogP contribution in [-0.4, -0.2) is 64.4 Å². The Morgan fingerprint density at radius 2 is 1.96 bits per heavy atom. The predicted octanol–water partition coefficient (Wildman–Crippen LogP) is 2.33. The molecule has 0 saturated carbocycles. The van der Waals surface area contributed by atoms with Gasteiger partial charge in [0, 0.05) is 39.8 Å². The summed E-state index contributed by atoms with van der Waals surface area (Å²) >= 11 is 0. The number of rotatable bonds is 10. The van der Waals surface area contributed by atoms with Gasteiger partial charge in [0.2, 0.25) is 0 Å². The normalized spacial score (nSPS) is 11.4. The van der Waals surface area contributed by atoms with Gasteiger partial charge in [0.05, 0.1) is 6.61 Å². The van der Waals surface area contributed by atoms with Crippen LogP contribution in [0.4, 0.5) is 0 Å². The summed E-state index contributed by atoms with van der Waals surface area (Å²) in [7, 11) is 5.56. The van der Waals surface area contributed by atoms with Crippen LogP contribution in [0.25, 0.3) is 0 Å². The molecule has 1 aromatic rings. The van der Waals surface area contributed by atoms with Crippen LogP contribution in [0.3, 0.4) is 0 Å². The number of hydrogen-bond donors (Lipinski definition) is 2. The number of aliphatic imine (C=N–C) groups is 1. The lowest BCUT2D eigenvalue weighted by atomic mass is 10.2. The van der Waals surface area contributed by atoms with Crippen LogP contribution < -0.4 is 15.4 Å². The summed E-state index contributed by atoms with van der Waals surface area (Å²) in [5.41, 5.74) is 1.16. The van der Waals surface area contributed by atoms with Crippen LogP contribution >= 0.6 is 24.0 Å². The van der Waals surface area contributed by atoms with Gasteiger partial charge in [-0.25, -0.2) is 0 Å². The minimum atomic E-state index is 0. The van der Waals surface area contributed by atoms with E-state index in [1.807, 2.05) is 12.1 Å². The van der Waals surface area contributed by atoms with Crippen LogP contribution in [0.5, 0.6) is 5.75 Å². The van der Waals surface area contributed by atoms with Crippen molar-refractivity contribution in [3.8, 4) is 5.75 Å². The molecule has 0 atom stereocenters. The minimum Gasteiger partial charge on any atom is -0.492 e. The Bertz CT molecular complexity index is 498. The second-order valence-electron chi connectivity index (χ2n) is 6.02. The van der Waals surface area contributed by atoms with Crippen LogP contribution in [0, 0.1) is 0 Å². The zero-order valence-electron chi connectivity index (χ0n) is 16.0. The topological polar surface area (TPSA) is 58.1 Å². The largest absolute Gasteiger partial charge is 0.492 e. The van der Waals surface area contributed by atoms with Crippen molar-refractivity contribution in [2.45, 2.75) is 26.4 Å². The predicted molar refractivity (Wildman–Crippen MR) is 115 cm³/mol. The number of nitrogens with one attached hydrogen (secondary N) is 2. The summed E-state index contributed by atoms with van der Waals surface area (Å²) in [5, 5.41) is 6.57. The molecule has 144 valence electrons. The highest BCUT2D eigenvalue weighted by Gasteiger charge is 2.02. The molecule has 0 unspecified atom stereocenters. The van der Waals surface area contributed by atoms with Crippen molar-refractivity contribution < 1.29 is 9.47 Å². The number of guanidine groups is 1. The van der Waals surface area contributed by atoms with E-state index in [-0.39, 0.29) is 24.0 Å². The van der Waals surface area contributed by atoms with E-state index in [0.717, 1.165) is 37.0 Å². The van der Waals surface area contributed by atoms with Gasteiger partial charge in [-0.1, -0.05) is 12.1 Å². The van der Waals surface area contributed by atoms with E-state index >= 15 is 0 Å². The van der Waals surface area contributed by atoms with E-state index in [1.54, 1.807) is 14.2 Å². The summed E-state index contributed by atoms with van der Waals surface area (Å²) in [4.78, 5) is 6.40. The lowest BCUT2D eigenvalue weighted by Crippen LogP contribution is -2.40. The third-order valence-electron chi connectivity index (χ3n) is 3.43. The fourth-order valence-corrected chi connectivity index (χ4v) is 2.08. The Balaban J connectivity index is 0.00000576. The fourth-order valence-electron chi connectivity index (χ4n) is 2.08. The van der Waals surface area contributed by atoms with Gasteiger partial charge in [0.1, 0.15) is 12.4 Å². The van der Waals surface area contributed by atoms with E-state index in [2.05, 4.69) is 53.6 Å². The van der Waals surface area contributed by atoms with E-state index in [1.165, 1.54) is 0 Å². The van der Waals surface area contributed by atoms with E-state index in [9.17, 15) is 0 Å². The summed E-state index contributed by atoms with van der Waals surface area (Å²) in [5.74, 6) is 1.69. The zero-order chi connectivity index (χ0) is 17.8. The van der Waals surface area contributed by atoms with Gasteiger partial charge in [-0.15, -0.1) is 24.0 Å². The highest BCUT2D eigenvalue weighted by Crippen LogP contribution is 2.13. The van der Waals surface area contributed by atoms with Crippen molar-refractivity contribution in [2.75, 3.05) is 47.5 Å². The van der Waals surface area contributed by atoms with Gasteiger partial charge in [-0.3, -0.25) is 4.99 Å². The maximum absolute atomic E-state index is 5.84. The summed E-state index contributed by atoms with van der Waals surface area (Å²) in [6, 6.07) is 8.48. The number of nitrogens with zero attached hydrogens (tertiary/aromatic N) is 2. The third-order valence-corrected chi connectivity index (χ3v) is 3.43. The molecule has 0 bridgehead atoms. The molecule has 0 aliphatic carbocycles. The van der Waals surface area contributed by atoms with Crippen molar-refractivity contribution in [2.24, 2.45) is 4.99 Å². The summed E-state index contributed by atoms with van der Waals surface area (Å²) < 4.78 is 10.9. The van der Waals surface area contributed by atoms with Crippen molar-refractivity contribution in [1.82, 2.24) is 15.5 Å². The molecule has 0 aromatic heterocycles. The molecule has 1 aromatic carbocycles. The number of methoxy groups -OCH3 is 1. The molecule has 0 radical (unpaired) electrons. The molecule has 6 nitrogen and oxygen atoms in total. The number of benzene rings is 1. The highest BCUT2D eigenvalue weighted by atomic mass is 127. The lowest BCUT2D eigenvalue weighted by Gasteiger charge is -2.17. The zero-order valence-corrected chi connectivity index (χ0v) is 18.4. The summed E-state index contributed by atoms with van der Waals surface area (Å²) in [6.07, 6.45) is 0. The molecular formula is C18H33IN4O2. The number of ether oxygens (including phenoxy) is 2. The minimum absolute atomic E-state index is 0. The molecule has 7 heteroatoms. The van der Waals surface area contributed by atoms with Crippen LogP contribution in [-0.2, 0) is 11.3 Å². The molecule has 0 spiro atoms. The Labute approximate surface area is 169 Å². The van der Waals surface area contributed by atoms with Crippen molar-refractivity contribution >= 4 is 29.9 Å². The first kappa shape index (κ1) is 23.9. The van der Waals surface area contributed by atoms with Gasteiger partial charge < -0.3 is 25.0 Å². The second-order valence-corrected chi connectivity index (χ2v) is 6.02. The smallest absolute Gasteiger partial charge is 0.191 e. The average Bonchev–Trinajstić information content (AvgIpc) is 2.56. The lowest BCUT2D eigenvalue weighted by molar-refractivity contribution is 0.150. The first-order chi connectivity index (χ1) is 11.5.